The van der Waals surface area contributed by atoms with E-state index in [9.17, 15) is 4.79 Å². The summed E-state index contributed by atoms with van der Waals surface area (Å²) in [5.41, 5.74) is 5.75. The third-order valence-electron chi connectivity index (χ3n) is 5.05. The second kappa shape index (κ2) is 7.48. The Morgan fingerprint density at radius 1 is 1.13 bits per heavy atom. The predicted octanol–water partition coefficient (Wildman–Crippen LogP) is 3.81. The molecule has 5 rings (SSSR count). The number of benzene rings is 2. The van der Waals surface area contributed by atoms with Crippen LogP contribution in [-0.4, -0.2) is 42.7 Å². The molecule has 0 aliphatic heterocycles. The Hall–Kier alpha value is -3.78. The Bertz CT molecular complexity index is 1440. The average molecular weight is 433 g/mol. The number of nitrogens with zero attached hydrogens (tertiary/aromatic N) is 6. The van der Waals surface area contributed by atoms with Crippen LogP contribution in [0.15, 0.2) is 54.7 Å². The Morgan fingerprint density at radius 2 is 1.94 bits per heavy atom. The second-order valence-corrected chi connectivity index (χ2v) is 7.56. The van der Waals surface area contributed by atoms with E-state index in [4.69, 9.17) is 16.3 Å². The molecule has 0 aliphatic rings. The molecule has 0 amide bonds. The van der Waals surface area contributed by atoms with Crippen LogP contribution in [0.5, 0.6) is 0 Å². The maximum Gasteiger partial charge on any atom is 0.311 e. The fourth-order valence-corrected chi connectivity index (χ4v) is 3.67. The molecule has 0 N–H and O–H groups in total. The zero-order valence-corrected chi connectivity index (χ0v) is 17.5. The van der Waals surface area contributed by atoms with Gasteiger partial charge in [-0.15, -0.1) is 10.2 Å². The van der Waals surface area contributed by atoms with Crippen LogP contribution in [-0.2, 0) is 16.0 Å². The number of fused-ring (bicyclic) bond motifs is 3. The van der Waals surface area contributed by atoms with E-state index in [1.807, 2.05) is 55.5 Å². The van der Waals surface area contributed by atoms with Gasteiger partial charge in [0, 0.05) is 10.6 Å². The average Bonchev–Trinajstić information content (AvgIpc) is 3.36. The number of carbonyl (C=O) groups is 1. The highest BCUT2D eigenvalue weighted by atomic mass is 35.5. The van der Waals surface area contributed by atoms with Gasteiger partial charge < -0.3 is 4.74 Å². The number of esters is 1. The van der Waals surface area contributed by atoms with E-state index in [0.717, 1.165) is 22.4 Å². The van der Waals surface area contributed by atoms with E-state index in [1.54, 1.807) is 15.4 Å². The molecule has 2 aromatic carbocycles. The van der Waals surface area contributed by atoms with Crippen molar-refractivity contribution in [3.63, 3.8) is 0 Å². The molecule has 154 valence electrons. The Morgan fingerprint density at radius 3 is 2.68 bits per heavy atom. The first-order chi connectivity index (χ1) is 15.0. The standard InChI is InChI=1S/C22H17ClN6O2/c1-13-6-8-16(9-7-13)28-22-20(18(27-28)11-19(30)31-2)25-26-21-17(12-24-29(21)22)14-4-3-5-15(23)10-14/h3-10,12H,11H2,1-2H3. The molecule has 3 aromatic heterocycles. The maximum atomic E-state index is 11.9. The van der Waals surface area contributed by atoms with Crippen LogP contribution < -0.4 is 0 Å². The van der Waals surface area contributed by atoms with Gasteiger partial charge in [0.2, 0.25) is 0 Å². The molecule has 0 fully saturated rings. The molecule has 0 unspecified atom stereocenters. The lowest BCUT2D eigenvalue weighted by atomic mass is 10.1. The van der Waals surface area contributed by atoms with Crippen molar-refractivity contribution in [3.8, 4) is 16.8 Å². The van der Waals surface area contributed by atoms with Gasteiger partial charge in [0.25, 0.3) is 0 Å². The van der Waals surface area contributed by atoms with Crippen molar-refractivity contribution >= 4 is 34.4 Å². The molecular formula is C22H17ClN6O2. The summed E-state index contributed by atoms with van der Waals surface area (Å²) in [5.74, 6) is -0.405. The van der Waals surface area contributed by atoms with Crippen LogP contribution in [0.3, 0.4) is 0 Å². The van der Waals surface area contributed by atoms with E-state index in [2.05, 4.69) is 20.4 Å². The van der Waals surface area contributed by atoms with Crippen molar-refractivity contribution in [3.05, 3.63) is 71.0 Å². The third-order valence-corrected chi connectivity index (χ3v) is 5.28. The fraction of sp³-hybridized carbons (Fsp3) is 0.136. The van der Waals surface area contributed by atoms with Gasteiger partial charge in [-0.3, -0.25) is 4.79 Å². The second-order valence-electron chi connectivity index (χ2n) is 7.12. The SMILES string of the molecule is COC(=O)Cc1nn(-c2ccc(C)cc2)c2c1nnc1c(-c3cccc(Cl)c3)cnn12. The molecule has 0 radical (unpaired) electrons. The van der Waals surface area contributed by atoms with Crippen molar-refractivity contribution in [2.45, 2.75) is 13.3 Å². The van der Waals surface area contributed by atoms with Gasteiger partial charge >= 0.3 is 5.97 Å². The number of hydrogen-bond acceptors (Lipinski definition) is 6. The number of aryl methyl sites for hydroxylation is 1. The summed E-state index contributed by atoms with van der Waals surface area (Å²) >= 11 is 6.17. The lowest BCUT2D eigenvalue weighted by Crippen LogP contribution is -2.06. The minimum atomic E-state index is -0.405. The third kappa shape index (κ3) is 3.30. The quantitative estimate of drug-likeness (QED) is 0.401. The predicted molar refractivity (Wildman–Crippen MR) is 116 cm³/mol. The summed E-state index contributed by atoms with van der Waals surface area (Å²) in [7, 11) is 1.34. The topological polar surface area (TPSA) is 87.2 Å². The number of aromatic nitrogens is 6. The van der Waals surface area contributed by atoms with Gasteiger partial charge in [0.05, 0.1) is 25.4 Å². The summed E-state index contributed by atoms with van der Waals surface area (Å²) in [6, 6.07) is 15.4. The molecule has 0 spiro atoms. The van der Waals surface area contributed by atoms with Crippen molar-refractivity contribution in [1.29, 1.82) is 0 Å². The highest BCUT2D eigenvalue weighted by Crippen LogP contribution is 2.28. The van der Waals surface area contributed by atoms with E-state index in [-0.39, 0.29) is 6.42 Å². The first-order valence-corrected chi connectivity index (χ1v) is 9.95. The molecular weight excluding hydrogens is 416 g/mol. The summed E-state index contributed by atoms with van der Waals surface area (Å²) in [5, 5.41) is 18.6. The van der Waals surface area contributed by atoms with Gasteiger partial charge in [-0.25, -0.2) is 4.68 Å². The molecule has 5 aromatic rings. The minimum absolute atomic E-state index is 0.0194. The Kier molecular flexibility index (Phi) is 4.63. The van der Waals surface area contributed by atoms with Gasteiger partial charge in [-0.2, -0.15) is 14.7 Å². The zero-order valence-electron chi connectivity index (χ0n) is 16.8. The molecule has 3 heterocycles. The summed E-state index contributed by atoms with van der Waals surface area (Å²) < 4.78 is 8.24. The molecule has 0 saturated carbocycles. The van der Waals surface area contributed by atoms with Crippen LogP contribution in [0.1, 0.15) is 11.3 Å². The van der Waals surface area contributed by atoms with Crippen molar-refractivity contribution < 1.29 is 9.53 Å². The van der Waals surface area contributed by atoms with E-state index < -0.39 is 5.97 Å². The molecule has 0 bridgehead atoms. The van der Waals surface area contributed by atoms with Gasteiger partial charge in [0.1, 0.15) is 5.69 Å². The number of halogens is 1. The summed E-state index contributed by atoms with van der Waals surface area (Å²) in [6.45, 7) is 2.02. The highest BCUT2D eigenvalue weighted by molar-refractivity contribution is 6.30. The molecule has 0 atom stereocenters. The lowest BCUT2D eigenvalue weighted by Gasteiger charge is -2.05. The smallest absolute Gasteiger partial charge is 0.311 e. The first-order valence-electron chi connectivity index (χ1n) is 9.57. The van der Waals surface area contributed by atoms with Crippen molar-refractivity contribution in [2.75, 3.05) is 7.11 Å². The van der Waals surface area contributed by atoms with Gasteiger partial charge in [0.15, 0.2) is 16.8 Å². The van der Waals surface area contributed by atoms with Crippen LogP contribution in [0.4, 0.5) is 0 Å². The minimum Gasteiger partial charge on any atom is -0.469 e. The maximum absolute atomic E-state index is 11.9. The van der Waals surface area contributed by atoms with E-state index in [1.165, 1.54) is 7.11 Å². The molecule has 9 heteroatoms. The van der Waals surface area contributed by atoms with Gasteiger partial charge in [-0.05, 0) is 36.8 Å². The lowest BCUT2D eigenvalue weighted by molar-refractivity contribution is -0.139. The Labute approximate surface area is 182 Å². The Balaban J connectivity index is 1.79. The van der Waals surface area contributed by atoms with Crippen LogP contribution in [0, 0.1) is 6.92 Å². The van der Waals surface area contributed by atoms with Gasteiger partial charge in [-0.1, -0.05) is 41.4 Å². The number of ether oxygens (including phenoxy) is 1. The van der Waals surface area contributed by atoms with Crippen LogP contribution >= 0.6 is 11.6 Å². The number of hydrogen-bond donors (Lipinski definition) is 0. The van der Waals surface area contributed by atoms with Crippen molar-refractivity contribution in [2.24, 2.45) is 0 Å². The molecule has 0 saturated heterocycles. The summed E-state index contributed by atoms with van der Waals surface area (Å²) in [6.07, 6.45) is 1.70. The van der Waals surface area contributed by atoms with Crippen molar-refractivity contribution in [1.82, 2.24) is 29.6 Å². The number of methoxy groups -OCH3 is 1. The molecule has 0 aliphatic carbocycles. The molecule has 31 heavy (non-hydrogen) atoms. The van der Waals surface area contributed by atoms with Crippen LogP contribution in [0.2, 0.25) is 5.02 Å². The molecule has 8 nitrogen and oxygen atoms in total. The van der Waals surface area contributed by atoms with E-state index >= 15 is 0 Å². The normalized spacial score (nSPS) is 11.3. The fourth-order valence-electron chi connectivity index (χ4n) is 3.48. The van der Waals surface area contributed by atoms with E-state index in [0.29, 0.717) is 27.5 Å². The number of carbonyl (C=O) groups excluding carboxylic acids is 1. The largest absolute Gasteiger partial charge is 0.469 e. The van der Waals surface area contributed by atoms with Crippen LogP contribution in [0.25, 0.3) is 33.6 Å². The monoisotopic (exact) mass is 432 g/mol. The first kappa shape index (κ1) is 19.2. The number of rotatable bonds is 4. The summed E-state index contributed by atoms with van der Waals surface area (Å²) in [4.78, 5) is 11.9. The highest BCUT2D eigenvalue weighted by Gasteiger charge is 2.22. The zero-order chi connectivity index (χ0) is 21.5.